The molecule has 0 radical (unpaired) electrons. The zero-order valence-electron chi connectivity index (χ0n) is 11.3. The van der Waals surface area contributed by atoms with Gasteiger partial charge in [0.25, 0.3) is 0 Å². The second-order valence-corrected chi connectivity index (χ2v) is 6.68. The summed E-state index contributed by atoms with van der Waals surface area (Å²) in [5.74, 6) is 0.809. The summed E-state index contributed by atoms with van der Waals surface area (Å²) >= 11 is 0. The van der Waals surface area contributed by atoms with Crippen LogP contribution < -0.4 is 0 Å². The van der Waals surface area contributed by atoms with Crippen LogP contribution in [0.25, 0.3) is 0 Å². The fourth-order valence-electron chi connectivity index (χ4n) is 3.71. The van der Waals surface area contributed by atoms with Crippen LogP contribution in [0, 0.1) is 16.7 Å². The molecule has 0 amide bonds. The lowest BCUT2D eigenvalue weighted by molar-refractivity contribution is -0.113. The number of fused-ring (bicyclic) bond motifs is 2. The van der Waals surface area contributed by atoms with Crippen LogP contribution in [0.4, 0.5) is 0 Å². The van der Waals surface area contributed by atoms with Gasteiger partial charge in [-0.05, 0) is 49.9 Å². The third kappa shape index (κ3) is 1.53. The van der Waals surface area contributed by atoms with Gasteiger partial charge in [0, 0.05) is 0 Å². The first kappa shape index (κ1) is 12.4. The summed E-state index contributed by atoms with van der Waals surface area (Å²) < 4.78 is 6.10. The van der Waals surface area contributed by atoms with E-state index in [2.05, 4.69) is 20.8 Å². The highest BCUT2D eigenvalue weighted by Gasteiger charge is 2.62. The van der Waals surface area contributed by atoms with Gasteiger partial charge >= 0.3 is 0 Å². The van der Waals surface area contributed by atoms with Gasteiger partial charge in [0.2, 0.25) is 0 Å². The van der Waals surface area contributed by atoms with Crippen LogP contribution >= 0.6 is 0 Å². The monoisotopic (exact) mass is 226 g/mol. The topological polar surface area (TPSA) is 29.5 Å². The summed E-state index contributed by atoms with van der Waals surface area (Å²) in [7, 11) is 0. The molecule has 0 aliphatic heterocycles. The zero-order valence-corrected chi connectivity index (χ0v) is 11.3. The van der Waals surface area contributed by atoms with E-state index >= 15 is 0 Å². The summed E-state index contributed by atoms with van der Waals surface area (Å²) in [4.78, 5) is 0. The quantitative estimate of drug-likeness (QED) is 0.801. The maximum atomic E-state index is 9.54. The van der Waals surface area contributed by atoms with Crippen LogP contribution in [0.2, 0.25) is 0 Å². The molecule has 2 bridgehead atoms. The molecule has 1 N–H and O–H groups in total. The Hall–Kier alpha value is -0.0800. The number of hydrogen-bond donors (Lipinski definition) is 1. The van der Waals surface area contributed by atoms with E-state index in [0.717, 1.165) is 5.92 Å². The molecular weight excluding hydrogens is 200 g/mol. The molecule has 0 aromatic rings. The summed E-state index contributed by atoms with van der Waals surface area (Å²) in [6.45, 7) is 10.9. The second kappa shape index (κ2) is 3.71. The Kier molecular flexibility index (Phi) is 2.87. The maximum Gasteiger partial charge on any atom is 0.0807 e. The lowest BCUT2D eigenvalue weighted by atomic mass is 9.70. The summed E-state index contributed by atoms with van der Waals surface area (Å²) in [6, 6.07) is 0. The van der Waals surface area contributed by atoms with Gasteiger partial charge in [-0.15, -0.1) is 0 Å². The van der Waals surface area contributed by atoms with Crippen molar-refractivity contribution in [2.75, 3.05) is 0 Å². The molecule has 0 aromatic heterocycles. The molecule has 2 aliphatic carbocycles. The van der Waals surface area contributed by atoms with Crippen molar-refractivity contribution >= 4 is 0 Å². The molecule has 4 unspecified atom stereocenters. The largest absolute Gasteiger partial charge is 0.391 e. The van der Waals surface area contributed by atoms with Gasteiger partial charge in [0.15, 0.2) is 0 Å². The first-order valence-electron chi connectivity index (χ1n) is 6.62. The van der Waals surface area contributed by atoms with E-state index in [1.807, 2.05) is 13.8 Å². The third-order valence-electron chi connectivity index (χ3n) is 5.77. The first-order valence-corrected chi connectivity index (χ1v) is 6.62. The van der Waals surface area contributed by atoms with Crippen molar-refractivity contribution in [2.45, 2.75) is 72.2 Å². The fraction of sp³-hybridized carbons (Fsp3) is 1.00. The van der Waals surface area contributed by atoms with Crippen LogP contribution in [0.5, 0.6) is 0 Å². The van der Waals surface area contributed by atoms with Crippen molar-refractivity contribution in [1.82, 2.24) is 0 Å². The van der Waals surface area contributed by atoms with Gasteiger partial charge in [-0.25, -0.2) is 0 Å². The molecule has 16 heavy (non-hydrogen) atoms. The molecule has 0 spiro atoms. The number of ether oxygens (including phenoxy) is 1. The average molecular weight is 226 g/mol. The van der Waals surface area contributed by atoms with Crippen molar-refractivity contribution in [3.05, 3.63) is 0 Å². The van der Waals surface area contributed by atoms with E-state index in [1.54, 1.807) is 0 Å². The normalized spacial score (nSPS) is 44.6. The van der Waals surface area contributed by atoms with Crippen molar-refractivity contribution in [3.63, 3.8) is 0 Å². The SMILES string of the molecule is CC(OC1CC2CCC1(C)C2(C)C)[C@H](C)O. The van der Waals surface area contributed by atoms with E-state index < -0.39 is 0 Å². The molecule has 2 saturated carbocycles. The van der Waals surface area contributed by atoms with Gasteiger partial charge in [-0.1, -0.05) is 20.8 Å². The first-order chi connectivity index (χ1) is 7.29. The van der Waals surface area contributed by atoms with E-state index in [9.17, 15) is 5.11 Å². The number of aliphatic hydroxyl groups excluding tert-OH is 1. The Balaban J connectivity index is 2.10. The Morgan fingerprint density at radius 2 is 1.88 bits per heavy atom. The molecule has 94 valence electrons. The summed E-state index contributed by atoms with van der Waals surface area (Å²) in [5, 5.41) is 9.54. The predicted octanol–water partition coefficient (Wildman–Crippen LogP) is 2.99. The lowest BCUT2D eigenvalue weighted by Gasteiger charge is -2.40. The molecule has 5 atom stereocenters. The third-order valence-corrected chi connectivity index (χ3v) is 5.77. The molecular formula is C14H26O2. The number of hydrogen-bond acceptors (Lipinski definition) is 2. The van der Waals surface area contributed by atoms with Gasteiger partial charge in [0.1, 0.15) is 0 Å². The van der Waals surface area contributed by atoms with Crippen molar-refractivity contribution in [2.24, 2.45) is 16.7 Å². The van der Waals surface area contributed by atoms with E-state index in [4.69, 9.17) is 4.74 Å². The Morgan fingerprint density at radius 1 is 1.25 bits per heavy atom. The van der Waals surface area contributed by atoms with Crippen molar-refractivity contribution < 1.29 is 9.84 Å². The van der Waals surface area contributed by atoms with Gasteiger partial charge in [-0.3, -0.25) is 0 Å². The van der Waals surface area contributed by atoms with Crippen molar-refractivity contribution in [1.29, 1.82) is 0 Å². The fourth-order valence-corrected chi connectivity index (χ4v) is 3.71. The maximum absolute atomic E-state index is 9.54. The lowest BCUT2D eigenvalue weighted by Crippen LogP contribution is -2.40. The van der Waals surface area contributed by atoms with Crippen molar-refractivity contribution in [3.8, 4) is 0 Å². The minimum atomic E-state index is -0.370. The average Bonchev–Trinajstić information content (AvgIpc) is 2.50. The van der Waals surface area contributed by atoms with Gasteiger partial charge in [-0.2, -0.15) is 0 Å². The molecule has 2 fully saturated rings. The Labute approximate surface area is 99.4 Å². The molecule has 0 heterocycles. The van der Waals surface area contributed by atoms with E-state index in [-0.39, 0.29) is 12.2 Å². The summed E-state index contributed by atoms with van der Waals surface area (Å²) in [6.07, 6.45) is 3.74. The molecule has 0 saturated heterocycles. The molecule has 2 rings (SSSR count). The Morgan fingerprint density at radius 3 is 2.25 bits per heavy atom. The second-order valence-electron chi connectivity index (χ2n) is 6.68. The number of rotatable bonds is 3. The van der Waals surface area contributed by atoms with Crippen LogP contribution in [0.15, 0.2) is 0 Å². The minimum absolute atomic E-state index is 0.0445. The van der Waals surface area contributed by atoms with Crippen LogP contribution in [0.1, 0.15) is 53.9 Å². The highest BCUT2D eigenvalue weighted by molar-refractivity contribution is 5.11. The van der Waals surface area contributed by atoms with Crippen LogP contribution in [-0.2, 0) is 4.74 Å². The molecule has 2 heteroatoms. The predicted molar refractivity (Wildman–Crippen MR) is 65.2 cm³/mol. The van der Waals surface area contributed by atoms with Crippen LogP contribution in [-0.4, -0.2) is 23.4 Å². The highest BCUT2D eigenvalue weighted by atomic mass is 16.5. The summed E-state index contributed by atoms with van der Waals surface area (Å²) in [5.41, 5.74) is 0.705. The van der Waals surface area contributed by atoms with Gasteiger partial charge < -0.3 is 9.84 Å². The van der Waals surface area contributed by atoms with E-state index in [1.165, 1.54) is 19.3 Å². The van der Waals surface area contributed by atoms with Crippen LogP contribution in [0.3, 0.4) is 0 Å². The van der Waals surface area contributed by atoms with E-state index in [0.29, 0.717) is 16.9 Å². The number of aliphatic hydroxyl groups is 1. The highest BCUT2D eigenvalue weighted by Crippen LogP contribution is 2.66. The molecule has 2 nitrogen and oxygen atoms in total. The molecule has 2 aliphatic rings. The smallest absolute Gasteiger partial charge is 0.0807 e. The zero-order chi connectivity index (χ0) is 12.1. The Bertz CT molecular complexity index is 272. The standard InChI is InChI=1S/C14H26O2/c1-9(15)10(2)16-12-8-11-6-7-14(12,5)13(11,3)4/h9-12,15H,6-8H2,1-5H3/t9-,10?,11?,12?,14?/m0/s1. The molecule has 0 aromatic carbocycles. The minimum Gasteiger partial charge on any atom is -0.391 e. The van der Waals surface area contributed by atoms with Gasteiger partial charge in [0.05, 0.1) is 18.3 Å².